The SMILES string of the molecule is CC1(C(=O)O)CCCN1Cc1ccc2c(c1)OCCO2. The van der Waals surface area contributed by atoms with Crippen LogP contribution in [0.2, 0.25) is 0 Å². The van der Waals surface area contributed by atoms with Gasteiger partial charge in [0.1, 0.15) is 18.8 Å². The number of carboxylic acid groups (broad SMARTS) is 1. The van der Waals surface area contributed by atoms with Gasteiger partial charge in [0.2, 0.25) is 0 Å². The molecule has 0 saturated carbocycles. The van der Waals surface area contributed by atoms with E-state index in [-0.39, 0.29) is 0 Å². The zero-order valence-electron chi connectivity index (χ0n) is 11.6. The minimum atomic E-state index is -0.757. The van der Waals surface area contributed by atoms with Crippen molar-refractivity contribution in [2.24, 2.45) is 0 Å². The van der Waals surface area contributed by atoms with E-state index in [9.17, 15) is 9.90 Å². The van der Waals surface area contributed by atoms with E-state index in [1.807, 2.05) is 23.1 Å². The predicted octanol–water partition coefficient (Wildman–Crippen LogP) is 1.90. The van der Waals surface area contributed by atoms with Crippen molar-refractivity contribution in [1.82, 2.24) is 4.90 Å². The summed E-state index contributed by atoms with van der Waals surface area (Å²) in [6, 6.07) is 5.83. The monoisotopic (exact) mass is 277 g/mol. The van der Waals surface area contributed by atoms with Crippen molar-refractivity contribution in [2.75, 3.05) is 19.8 Å². The average molecular weight is 277 g/mol. The number of carbonyl (C=O) groups is 1. The minimum absolute atomic E-state index is 0.563. The van der Waals surface area contributed by atoms with E-state index in [1.54, 1.807) is 6.92 Å². The first kappa shape index (κ1) is 13.2. The summed E-state index contributed by atoms with van der Waals surface area (Å²) in [5, 5.41) is 9.43. The highest BCUT2D eigenvalue weighted by molar-refractivity contribution is 5.78. The second-order valence-corrected chi connectivity index (χ2v) is 5.58. The molecule has 5 heteroatoms. The Morgan fingerprint density at radius 1 is 1.35 bits per heavy atom. The van der Waals surface area contributed by atoms with E-state index in [0.717, 1.165) is 30.0 Å². The van der Waals surface area contributed by atoms with Crippen LogP contribution in [-0.2, 0) is 11.3 Å². The molecule has 0 spiro atoms. The Labute approximate surface area is 118 Å². The third-order valence-electron chi connectivity index (χ3n) is 4.23. The van der Waals surface area contributed by atoms with Crippen molar-refractivity contribution in [1.29, 1.82) is 0 Å². The first-order valence-corrected chi connectivity index (χ1v) is 6.96. The topological polar surface area (TPSA) is 59.0 Å². The normalized spacial score (nSPS) is 25.6. The van der Waals surface area contributed by atoms with Crippen molar-refractivity contribution in [3.8, 4) is 11.5 Å². The van der Waals surface area contributed by atoms with Gasteiger partial charge in [0.25, 0.3) is 0 Å². The maximum atomic E-state index is 11.5. The largest absolute Gasteiger partial charge is 0.486 e. The molecule has 1 aromatic carbocycles. The van der Waals surface area contributed by atoms with Crippen molar-refractivity contribution in [3.05, 3.63) is 23.8 Å². The van der Waals surface area contributed by atoms with Gasteiger partial charge < -0.3 is 14.6 Å². The molecule has 1 fully saturated rings. The summed E-state index contributed by atoms with van der Waals surface area (Å²) in [6.45, 7) is 4.39. The van der Waals surface area contributed by atoms with Gasteiger partial charge in [-0.15, -0.1) is 0 Å². The van der Waals surface area contributed by atoms with Crippen LogP contribution in [0.5, 0.6) is 11.5 Å². The Kier molecular flexibility index (Phi) is 3.30. The second-order valence-electron chi connectivity index (χ2n) is 5.58. The second kappa shape index (κ2) is 4.98. The Morgan fingerprint density at radius 2 is 2.10 bits per heavy atom. The number of aliphatic carboxylic acids is 1. The lowest BCUT2D eigenvalue weighted by molar-refractivity contribution is -0.148. The Morgan fingerprint density at radius 3 is 2.85 bits per heavy atom. The van der Waals surface area contributed by atoms with Crippen molar-refractivity contribution in [3.63, 3.8) is 0 Å². The molecule has 0 aliphatic carbocycles. The van der Waals surface area contributed by atoms with Crippen molar-refractivity contribution in [2.45, 2.75) is 31.8 Å². The fourth-order valence-electron chi connectivity index (χ4n) is 2.92. The Bertz CT molecular complexity index is 531. The van der Waals surface area contributed by atoms with Crippen molar-refractivity contribution < 1.29 is 19.4 Å². The van der Waals surface area contributed by atoms with Crippen LogP contribution >= 0.6 is 0 Å². The van der Waals surface area contributed by atoms with Gasteiger partial charge >= 0.3 is 5.97 Å². The van der Waals surface area contributed by atoms with Gasteiger partial charge in [0.05, 0.1) is 0 Å². The van der Waals surface area contributed by atoms with Crippen LogP contribution < -0.4 is 9.47 Å². The first-order chi connectivity index (χ1) is 9.59. The summed E-state index contributed by atoms with van der Waals surface area (Å²) in [6.07, 6.45) is 1.63. The maximum Gasteiger partial charge on any atom is 0.323 e. The van der Waals surface area contributed by atoms with Gasteiger partial charge in [-0.1, -0.05) is 6.07 Å². The summed E-state index contributed by atoms with van der Waals surface area (Å²) >= 11 is 0. The molecule has 0 bridgehead atoms. The molecule has 108 valence electrons. The van der Waals surface area contributed by atoms with E-state index in [2.05, 4.69) is 0 Å². The Balaban J connectivity index is 1.79. The molecule has 1 N–H and O–H groups in total. The van der Waals surface area contributed by atoms with Crippen LogP contribution in [-0.4, -0.2) is 41.3 Å². The van der Waals surface area contributed by atoms with Crippen LogP contribution in [0.4, 0.5) is 0 Å². The number of benzene rings is 1. The number of rotatable bonds is 3. The van der Waals surface area contributed by atoms with Gasteiger partial charge in [-0.05, 0) is 44.0 Å². The summed E-state index contributed by atoms with van der Waals surface area (Å²) in [4.78, 5) is 13.5. The molecular formula is C15H19NO4. The molecule has 3 rings (SSSR count). The third kappa shape index (κ3) is 2.22. The van der Waals surface area contributed by atoms with E-state index in [1.165, 1.54) is 0 Å². The number of ether oxygens (including phenoxy) is 2. The number of fused-ring (bicyclic) bond motifs is 1. The molecule has 2 aliphatic heterocycles. The summed E-state index contributed by atoms with van der Waals surface area (Å²) in [5.74, 6) is 0.778. The molecule has 0 radical (unpaired) electrons. The van der Waals surface area contributed by atoms with Gasteiger partial charge in [-0.25, -0.2) is 0 Å². The number of nitrogens with zero attached hydrogens (tertiary/aromatic N) is 1. The van der Waals surface area contributed by atoms with Crippen LogP contribution in [0.15, 0.2) is 18.2 Å². The fourth-order valence-corrected chi connectivity index (χ4v) is 2.92. The first-order valence-electron chi connectivity index (χ1n) is 6.96. The molecule has 1 atom stereocenters. The number of carboxylic acids is 1. The summed E-state index contributed by atoms with van der Waals surface area (Å²) in [7, 11) is 0. The third-order valence-corrected chi connectivity index (χ3v) is 4.23. The summed E-state index contributed by atoms with van der Waals surface area (Å²) < 4.78 is 11.1. The Hall–Kier alpha value is -1.75. The van der Waals surface area contributed by atoms with Crippen molar-refractivity contribution >= 4 is 5.97 Å². The van der Waals surface area contributed by atoms with E-state index >= 15 is 0 Å². The van der Waals surface area contributed by atoms with Gasteiger partial charge in [0, 0.05) is 6.54 Å². The average Bonchev–Trinajstić information content (AvgIpc) is 2.81. The van der Waals surface area contributed by atoms with Gasteiger partial charge in [-0.2, -0.15) is 0 Å². The quantitative estimate of drug-likeness (QED) is 0.914. The molecule has 1 unspecified atom stereocenters. The molecular weight excluding hydrogens is 258 g/mol. The van der Waals surface area contributed by atoms with E-state index in [4.69, 9.17) is 9.47 Å². The minimum Gasteiger partial charge on any atom is -0.486 e. The zero-order chi connectivity index (χ0) is 14.2. The molecule has 1 aromatic rings. The van der Waals surface area contributed by atoms with Crippen LogP contribution in [0.3, 0.4) is 0 Å². The highest BCUT2D eigenvalue weighted by atomic mass is 16.6. The lowest BCUT2D eigenvalue weighted by atomic mass is 9.99. The van der Waals surface area contributed by atoms with Crippen LogP contribution in [0.1, 0.15) is 25.3 Å². The highest BCUT2D eigenvalue weighted by Gasteiger charge is 2.43. The number of hydrogen-bond donors (Lipinski definition) is 1. The van der Waals surface area contributed by atoms with E-state index in [0.29, 0.717) is 26.2 Å². The molecule has 0 amide bonds. The zero-order valence-corrected chi connectivity index (χ0v) is 11.6. The lowest BCUT2D eigenvalue weighted by Gasteiger charge is -2.31. The molecule has 0 aromatic heterocycles. The molecule has 2 heterocycles. The molecule has 1 saturated heterocycles. The van der Waals surface area contributed by atoms with Gasteiger partial charge in [-0.3, -0.25) is 9.69 Å². The predicted molar refractivity (Wildman–Crippen MR) is 73.1 cm³/mol. The number of likely N-dealkylation sites (tertiary alicyclic amines) is 1. The standard InChI is InChI=1S/C15H19NO4/c1-15(14(17)18)5-2-6-16(15)10-11-3-4-12-13(9-11)20-8-7-19-12/h3-4,9H,2,5-8,10H2,1H3,(H,17,18). The van der Waals surface area contributed by atoms with Crippen LogP contribution in [0, 0.1) is 0 Å². The number of hydrogen-bond acceptors (Lipinski definition) is 4. The lowest BCUT2D eigenvalue weighted by Crippen LogP contribution is -2.47. The molecule has 5 nitrogen and oxygen atoms in total. The van der Waals surface area contributed by atoms with E-state index < -0.39 is 11.5 Å². The van der Waals surface area contributed by atoms with Gasteiger partial charge in [0.15, 0.2) is 11.5 Å². The molecule has 2 aliphatic rings. The summed E-state index contributed by atoms with van der Waals surface area (Å²) in [5.41, 5.74) is 0.302. The maximum absolute atomic E-state index is 11.5. The molecule has 20 heavy (non-hydrogen) atoms. The smallest absolute Gasteiger partial charge is 0.323 e. The fraction of sp³-hybridized carbons (Fsp3) is 0.533. The van der Waals surface area contributed by atoms with Crippen LogP contribution in [0.25, 0.3) is 0 Å². The highest BCUT2D eigenvalue weighted by Crippen LogP contribution is 2.34.